The molecule has 2 bridgehead atoms. The number of aliphatic hydroxyl groups excluding tert-OH is 1. The van der Waals surface area contributed by atoms with Gasteiger partial charge in [-0.15, -0.1) is 0 Å². The molecule has 0 spiro atoms. The van der Waals surface area contributed by atoms with Crippen LogP contribution in [-0.2, 0) is 0 Å². The Morgan fingerprint density at radius 3 is 2.26 bits per heavy atom. The fourth-order valence-corrected chi connectivity index (χ4v) is 4.66. The van der Waals surface area contributed by atoms with E-state index in [1.54, 1.807) is 0 Å². The molecule has 3 aliphatic rings. The van der Waals surface area contributed by atoms with Gasteiger partial charge in [-0.2, -0.15) is 0 Å². The molecular formula is C20H22ClNO. The molecule has 5 rings (SSSR count). The first-order valence-electron chi connectivity index (χ1n) is 8.47. The van der Waals surface area contributed by atoms with E-state index in [2.05, 4.69) is 35.2 Å². The molecule has 3 heterocycles. The fourth-order valence-electron chi connectivity index (χ4n) is 4.41. The van der Waals surface area contributed by atoms with Crippen molar-refractivity contribution in [2.75, 3.05) is 13.1 Å². The lowest BCUT2D eigenvalue weighted by molar-refractivity contribution is -0.0775. The molecule has 0 aromatic heterocycles. The summed E-state index contributed by atoms with van der Waals surface area (Å²) in [6.45, 7) is 2.17. The van der Waals surface area contributed by atoms with Crippen molar-refractivity contribution in [1.29, 1.82) is 0 Å². The maximum absolute atomic E-state index is 11.0. The van der Waals surface area contributed by atoms with Gasteiger partial charge in [0.2, 0.25) is 0 Å². The van der Waals surface area contributed by atoms with Gasteiger partial charge in [0, 0.05) is 17.0 Å². The zero-order valence-electron chi connectivity index (χ0n) is 13.1. The highest BCUT2D eigenvalue weighted by molar-refractivity contribution is 6.31. The Balaban J connectivity index is 1.81. The van der Waals surface area contributed by atoms with Crippen LogP contribution in [-0.4, -0.2) is 35.2 Å². The molecule has 120 valence electrons. The van der Waals surface area contributed by atoms with Crippen LogP contribution < -0.4 is 0 Å². The summed E-state index contributed by atoms with van der Waals surface area (Å²) in [7, 11) is 0. The van der Waals surface area contributed by atoms with Crippen LogP contribution in [0.25, 0.3) is 0 Å². The molecule has 3 aliphatic heterocycles. The maximum Gasteiger partial charge on any atom is 0.0733 e. The predicted octanol–water partition coefficient (Wildman–Crippen LogP) is 3.93. The number of benzene rings is 2. The minimum absolute atomic E-state index is 0.114. The topological polar surface area (TPSA) is 23.5 Å². The molecule has 0 saturated carbocycles. The lowest BCUT2D eigenvalue weighted by atomic mass is 9.72. The minimum atomic E-state index is -0.279. The van der Waals surface area contributed by atoms with Gasteiger partial charge in [0.15, 0.2) is 0 Å². The van der Waals surface area contributed by atoms with Crippen molar-refractivity contribution in [3.05, 3.63) is 70.7 Å². The summed E-state index contributed by atoms with van der Waals surface area (Å²) >= 11 is 6.54. The monoisotopic (exact) mass is 327 g/mol. The number of piperidine rings is 3. The third-order valence-corrected chi connectivity index (χ3v) is 5.91. The Labute approximate surface area is 142 Å². The van der Waals surface area contributed by atoms with Crippen LogP contribution in [0, 0.1) is 5.92 Å². The summed E-state index contributed by atoms with van der Waals surface area (Å²) in [6.07, 6.45) is 1.95. The number of aliphatic hydroxyl groups is 1. The SMILES string of the molecule is OC1C2CCN(CC2)C1C(c1ccccc1)c1ccccc1Cl. The van der Waals surface area contributed by atoms with Crippen LogP contribution in [0.3, 0.4) is 0 Å². The van der Waals surface area contributed by atoms with Gasteiger partial charge in [0.1, 0.15) is 0 Å². The van der Waals surface area contributed by atoms with E-state index in [-0.39, 0.29) is 18.1 Å². The molecule has 0 radical (unpaired) electrons. The smallest absolute Gasteiger partial charge is 0.0733 e. The van der Waals surface area contributed by atoms with Gasteiger partial charge in [-0.25, -0.2) is 0 Å². The maximum atomic E-state index is 11.0. The van der Waals surface area contributed by atoms with E-state index in [4.69, 9.17) is 11.6 Å². The Kier molecular flexibility index (Phi) is 4.14. The van der Waals surface area contributed by atoms with Gasteiger partial charge >= 0.3 is 0 Å². The Bertz CT molecular complexity index is 664. The van der Waals surface area contributed by atoms with Gasteiger partial charge in [0.25, 0.3) is 0 Å². The minimum Gasteiger partial charge on any atom is -0.391 e. The lowest BCUT2D eigenvalue weighted by Gasteiger charge is -2.52. The summed E-state index contributed by atoms with van der Waals surface area (Å²) in [4.78, 5) is 2.46. The molecule has 3 saturated heterocycles. The molecular weight excluding hydrogens is 306 g/mol. The van der Waals surface area contributed by atoms with Gasteiger partial charge in [-0.1, -0.05) is 60.1 Å². The van der Waals surface area contributed by atoms with Crippen molar-refractivity contribution in [2.24, 2.45) is 5.92 Å². The van der Waals surface area contributed by atoms with Crippen LogP contribution >= 0.6 is 11.6 Å². The van der Waals surface area contributed by atoms with Crippen molar-refractivity contribution in [3.8, 4) is 0 Å². The first-order chi connectivity index (χ1) is 11.3. The van der Waals surface area contributed by atoms with Gasteiger partial charge in [0.05, 0.1) is 6.10 Å². The summed E-state index contributed by atoms with van der Waals surface area (Å²) in [5.41, 5.74) is 2.36. The van der Waals surface area contributed by atoms with Crippen molar-refractivity contribution >= 4 is 11.6 Å². The van der Waals surface area contributed by atoms with E-state index in [1.807, 2.05) is 24.3 Å². The van der Waals surface area contributed by atoms with Crippen molar-refractivity contribution in [1.82, 2.24) is 4.90 Å². The van der Waals surface area contributed by atoms with Gasteiger partial charge < -0.3 is 5.11 Å². The second-order valence-corrected chi connectivity index (χ2v) is 7.17. The Hall–Kier alpha value is -1.35. The van der Waals surface area contributed by atoms with Gasteiger partial charge in [-0.3, -0.25) is 4.90 Å². The van der Waals surface area contributed by atoms with E-state index in [0.29, 0.717) is 5.92 Å². The van der Waals surface area contributed by atoms with Crippen LogP contribution in [0.15, 0.2) is 54.6 Å². The molecule has 23 heavy (non-hydrogen) atoms. The number of hydrogen-bond donors (Lipinski definition) is 1. The molecule has 3 fully saturated rings. The highest BCUT2D eigenvalue weighted by Crippen LogP contribution is 2.43. The van der Waals surface area contributed by atoms with Crippen LogP contribution in [0.2, 0.25) is 5.02 Å². The molecule has 0 amide bonds. The Morgan fingerprint density at radius 1 is 0.957 bits per heavy atom. The molecule has 2 aromatic carbocycles. The van der Waals surface area contributed by atoms with Gasteiger partial charge in [-0.05, 0) is 49.0 Å². The second-order valence-electron chi connectivity index (χ2n) is 6.76. The van der Waals surface area contributed by atoms with Crippen molar-refractivity contribution in [2.45, 2.75) is 30.9 Å². The molecule has 2 nitrogen and oxygen atoms in total. The third kappa shape index (κ3) is 2.69. The first kappa shape index (κ1) is 15.2. The number of hydrogen-bond acceptors (Lipinski definition) is 2. The molecule has 0 aliphatic carbocycles. The third-order valence-electron chi connectivity index (χ3n) is 5.57. The predicted molar refractivity (Wildman–Crippen MR) is 93.8 cm³/mol. The van der Waals surface area contributed by atoms with E-state index in [1.165, 1.54) is 5.56 Å². The molecule has 2 aromatic rings. The number of halogens is 1. The highest BCUT2D eigenvalue weighted by atomic mass is 35.5. The van der Waals surface area contributed by atoms with E-state index in [9.17, 15) is 5.11 Å². The zero-order chi connectivity index (χ0) is 15.8. The van der Waals surface area contributed by atoms with E-state index in [0.717, 1.165) is 36.5 Å². The van der Waals surface area contributed by atoms with Crippen LogP contribution in [0.4, 0.5) is 0 Å². The number of nitrogens with zero attached hydrogens (tertiary/aromatic N) is 1. The average molecular weight is 328 g/mol. The average Bonchev–Trinajstić information content (AvgIpc) is 2.60. The van der Waals surface area contributed by atoms with E-state index >= 15 is 0 Å². The molecule has 3 heteroatoms. The normalized spacial score (nSPS) is 31.0. The Morgan fingerprint density at radius 2 is 1.61 bits per heavy atom. The molecule has 3 unspecified atom stereocenters. The quantitative estimate of drug-likeness (QED) is 0.923. The lowest BCUT2D eigenvalue weighted by Crippen LogP contribution is -2.60. The first-order valence-corrected chi connectivity index (χ1v) is 8.85. The van der Waals surface area contributed by atoms with E-state index < -0.39 is 0 Å². The van der Waals surface area contributed by atoms with Crippen molar-refractivity contribution < 1.29 is 5.11 Å². The fraction of sp³-hybridized carbons (Fsp3) is 0.400. The zero-order valence-corrected chi connectivity index (χ0v) is 13.9. The van der Waals surface area contributed by atoms with Crippen molar-refractivity contribution in [3.63, 3.8) is 0 Å². The molecule has 1 N–H and O–H groups in total. The summed E-state index contributed by atoms with van der Waals surface area (Å²) in [5.74, 6) is 0.543. The standard InChI is InChI=1S/C20H22ClNO/c21-17-9-5-4-8-16(17)18(14-6-2-1-3-7-14)19-20(23)15-10-12-22(19)13-11-15/h1-9,15,18-20,23H,10-13H2. The number of rotatable bonds is 3. The second kappa shape index (κ2) is 6.27. The summed E-state index contributed by atoms with van der Waals surface area (Å²) < 4.78 is 0. The summed E-state index contributed by atoms with van der Waals surface area (Å²) in [6, 6.07) is 18.7. The van der Waals surface area contributed by atoms with Crippen LogP contribution in [0.1, 0.15) is 29.9 Å². The summed E-state index contributed by atoms with van der Waals surface area (Å²) in [5, 5.41) is 11.7. The molecule has 3 atom stereocenters. The number of fused-ring (bicyclic) bond motifs is 3. The highest BCUT2D eigenvalue weighted by Gasteiger charge is 2.46. The van der Waals surface area contributed by atoms with Crippen LogP contribution in [0.5, 0.6) is 0 Å². The largest absolute Gasteiger partial charge is 0.391 e.